The Bertz CT molecular complexity index is 1030. The lowest BCUT2D eigenvalue weighted by Gasteiger charge is -1.95. The topological polar surface area (TPSA) is 45.8 Å². The van der Waals surface area contributed by atoms with Crippen LogP contribution in [0.25, 0.3) is 21.5 Å². The Morgan fingerprint density at radius 3 is 2.39 bits per heavy atom. The number of rotatable bonds is 0. The predicted molar refractivity (Wildman–Crippen MR) is 96.3 cm³/mol. The van der Waals surface area contributed by atoms with E-state index in [1.165, 1.54) is 0 Å². The van der Waals surface area contributed by atoms with Crippen molar-refractivity contribution >= 4 is 44.7 Å². The van der Waals surface area contributed by atoms with Gasteiger partial charge in [-0.3, -0.25) is 9.78 Å². The number of nitrogens with zero attached hydrogens (tertiary/aromatic N) is 1. The van der Waals surface area contributed by atoms with E-state index in [0.29, 0.717) is 10.4 Å². The van der Waals surface area contributed by atoms with Crippen molar-refractivity contribution in [3.8, 4) is 0 Å². The van der Waals surface area contributed by atoms with Gasteiger partial charge in [0.2, 0.25) is 0 Å². The van der Waals surface area contributed by atoms with E-state index in [4.69, 9.17) is 23.2 Å². The maximum atomic E-state index is 11.2. The molecule has 0 saturated carbocycles. The second-order valence-electron chi connectivity index (χ2n) is 4.91. The van der Waals surface area contributed by atoms with Crippen molar-refractivity contribution in [3.05, 3.63) is 87.5 Å². The molecular formula is C18H12Cl2N2O. The number of pyridine rings is 2. The fourth-order valence-electron chi connectivity index (χ4n) is 2.22. The molecule has 0 atom stereocenters. The summed E-state index contributed by atoms with van der Waals surface area (Å²) in [6.45, 7) is 0. The lowest BCUT2D eigenvalue weighted by molar-refractivity contribution is 1.28. The van der Waals surface area contributed by atoms with Crippen molar-refractivity contribution in [2.24, 2.45) is 0 Å². The van der Waals surface area contributed by atoms with Crippen LogP contribution >= 0.6 is 23.2 Å². The van der Waals surface area contributed by atoms with E-state index in [-0.39, 0.29) is 5.56 Å². The summed E-state index contributed by atoms with van der Waals surface area (Å²) in [6, 6.07) is 14.7. The Labute approximate surface area is 142 Å². The first-order valence-corrected chi connectivity index (χ1v) is 7.65. The number of benzene rings is 2. The predicted octanol–water partition coefficient (Wildman–Crippen LogP) is 5.07. The maximum absolute atomic E-state index is 11.2. The maximum Gasteiger partial charge on any atom is 0.255 e. The van der Waals surface area contributed by atoms with Crippen LogP contribution in [-0.2, 0) is 0 Å². The van der Waals surface area contributed by atoms with Gasteiger partial charge in [0, 0.05) is 39.4 Å². The summed E-state index contributed by atoms with van der Waals surface area (Å²) in [4.78, 5) is 17.8. The van der Waals surface area contributed by atoms with Gasteiger partial charge < -0.3 is 4.98 Å². The van der Waals surface area contributed by atoms with E-state index in [1.807, 2.05) is 36.5 Å². The third-order valence-corrected chi connectivity index (χ3v) is 3.81. The molecule has 0 unspecified atom stereocenters. The summed E-state index contributed by atoms with van der Waals surface area (Å²) >= 11 is 11.6. The molecule has 4 aromatic rings. The third-order valence-electron chi connectivity index (χ3n) is 3.34. The summed E-state index contributed by atoms with van der Waals surface area (Å²) in [6.07, 6.45) is 5.20. The molecule has 0 fully saturated rings. The fraction of sp³-hybridized carbons (Fsp3) is 0. The molecule has 0 aliphatic heterocycles. The first-order valence-electron chi connectivity index (χ1n) is 6.90. The lowest BCUT2D eigenvalue weighted by atomic mass is 10.2. The number of fused-ring (bicyclic) bond motifs is 2. The first kappa shape index (κ1) is 15.5. The number of aromatic nitrogens is 2. The summed E-state index contributed by atoms with van der Waals surface area (Å²) in [5, 5.41) is 5.20. The highest BCUT2D eigenvalue weighted by atomic mass is 35.5. The molecule has 3 nitrogen and oxygen atoms in total. The van der Waals surface area contributed by atoms with Crippen LogP contribution in [0.2, 0.25) is 10.0 Å². The number of hydrogen-bond donors (Lipinski definition) is 1. The van der Waals surface area contributed by atoms with Gasteiger partial charge >= 0.3 is 0 Å². The monoisotopic (exact) mass is 342 g/mol. The molecule has 2 aromatic carbocycles. The van der Waals surface area contributed by atoms with Crippen LogP contribution in [0, 0.1) is 0 Å². The Morgan fingerprint density at radius 2 is 1.57 bits per heavy atom. The summed E-state index contributed by atoms with van der Waals surface area (Å²) in [5.41, 5.74) is -0.0795. The van der Waals surface area contributed by atoms with Gasteiger partial charge in [0.25, 0.3) is 5.56 Å². The van der Waals surface area contributed by atoms with Crippen molar-refractivity contribution in [1.82, 2.24) is 9.97 Å². The number of aromatic amines is 1. The molecule has 0 radical (unpaired) electrons. The number of hydrogen-bond acceptors (Lipinski definition) is 2. The second kappa shape index (κ2) is 6.82. The number of H-pyrrole nitrogens is 1. The molecule has 1 N–H and O–H groups in total. The van der Waals surface area contributed by atoms with Crippen molar-refractivity contribution < 1.29 is 0 Å². The molecule has 2 heterocycles. The Hall–Kier alpha value is -2.36. The van der Waals surface area contributed by atoms with E-state index in [2.05, 4.69) is 9.97 Å². The minimum Gasteiger partial charge on any atom is -0.329 e. The van der Waals surface area contributed by atoms with Crippen LogP contribution in [-0.4, -0.2) is 9.97 Å². The highest BCUT2D eigenvalue weighted by Gasteiger charge is 1.96. The Balaban J connectivity index is 0.000000136. The standard InChI is InChI=1S/C9H6ClNO.C9H6ClN/c10-7-1-2-8-6(5-7)3-4-11-9(8)12;10-9-2-1-8-6-11-4-3-7(8)5-9/h1-5H,(H,11,12);1-6H. The van der Waals surface area contributed by atoms with Gasteiger partial charge in [0.1, 0.15) is 0 Å². The zero-order valence-electron chi connectivity index (χ0n) is 12.0. The molecule has 2 aromatic heterocycles. The van der Waals surface area contributed by atoms with Gasteiger partial charge in [0.15, 0.2) is 0 Å². The quantitative estimate of drug-likeness (QED) is 0.484. The molecule has 114 valence electrons. The number of halogens is 2. The zero-order valence-corrected chi connectivity index (χ0v) is 13.5. The van der Waals surface area contributed by atoms with Gasteiger partial charge in [-0.25, -0.2) is 0 Å². The van der Waals surface area contributed by atoms with Gasteiger partial charge in [-0.2, -0.15) is 0 Å². The Morgan fingerprint density at radius 1 is 0.826 bits per heavy atom. The van der Waals surface area contributed by atoms with Gasteiger partial charge in [0.05, 0.1) is 0 Å². The van der Waals surface area contributed by atoms with E-state index < -0.39 is 0 Å². The molecule has 4 rings (SSSR count). The van der Waals surface area contributed by atoms with E-state index >= 15 is 0 Å². The van der Waals surface area contributed by atoms with Crippen molar-refractivity contribution in [2.45, 2.75) is 0 Å². The molecule has 23 heavy (non-hydrogen) atoms. The lowest BCUT2D eigenvalue weighted by Crippen LogP contribution is -2.03. The summed E-state index contributed by atoms with van der Waals surface area (Å²) in [7, 11) is 0. The number of nitrogens with one attached hydrogen (secondary N) is 1. The SMILES string of the molecule is Clc1ccc2cnccc2c1.O=c1[nH]ccc2cc(Cl)ccc12. The van der Waals surface area contributed by atoms with E-state index in [1.54, 1.807) is 30.6 Å². The van der Waals surface area contributed by atoms with Crippen LogP contribution in [0.4, 0.5) is 0 Å². The first-order chi connectivity index (χ1) is 11.1. The summed E-state index contributed by atoms with van der Waals surface area (Å²) < 4.78 is 0. The molecule has 0 aliphatic rings. The van der Waals surface area contributed by atoms with E-state index in [0.717, 1.165) is 21.2 Å². The molecule has 0 saturated heterocycles. The largest absolute Gasteiger partial charge is 0.329 e. The third kappa shape index (κ3) is 3.70. The average Bonchev–Trinajstić information content (AvgIpc) is 2.55. The van der Waals surface area contributed by atoms with Crippen molar-refractivity contribution in [1.29, 1.82) is 0 Å². The van der Waals surface area contributed by atoms with Crippen LogP contribution in [0.5, 0.6) is 0 Å². The Kier molecular flexibility index (Phi) is 4.60. The van der Waals surface area contributed by atoms with Crippen LogP contribution in [0.1, 0.15) is 0 Å². The normalized spacial score (nSPS) is 10.3. The molecule has 0 bridgehead atoms. The summed E-state index contributed by atoms with van der Waals surface area (Å²) in [5.74, 6) is 0. The zero-order chi connectivity index (χ0) is 16.2. The highest BCUT2D eigenvalue weighted by molar-refractivity contribution is 6.31. The van der Waals surface area contributed by atoms with Crippen molar-refractivity contribution in [3.63, 3.8) is 0 Å². The minimum atomic E-state index is -0.0795. The van der Waals surface area contributed by atoms with Crippen LogP contribution in [0.3, 0.4) is 0 Å². The minimum absolute atomic E-state index is 0.0795. The molecular weight excluding hydrogens is 331 g/mol. The van der Waals surface area contributed by atoms with E-state index in [9.17, 15) is 4.79 Å². The van der Waals surface area contributed by atoms with Crippen LogP contribution < -0.4 is 5.56 Å². The molecule has 5 heteroatoms. The van der Waals surface area contributed by atoms with Crippen molar-refractivity contribution in [2.75, 3.05) is 0 Å². The van der Waals surface area contributed by atoms with Crippen LogP contribution in [0.15, 0.2) is 71.9 Å². The van der Waals surface area contributed by atoms with Gasteiger partial charge in [-0.15, -0.1) is 0 Å². The molecule has 0 aliphatic carbocycles. The molecule has 0 spiro atoms. The smallest absolute Gasteiger partial charge is 0.255 e. The highest BCUT2D eigenvalue weighted by Crippen LogP contribution is 2.17. The van der Waals surface area contributed by atoms with Gasteiger partial charge in [-0.1, -0.05) is 29.3 Å². The molecule has 0 amide bonds. The van der Waals surface area contributed by atoms with Gasteiger partial charge in [-0.05, 0) is 53.2 Å². The second-order valence-corrected chi connectivity index (χ2v) is 5.78. The average molecular weight is 343 g/mol. The fourth-order valence-corrected chi connectivity index (χ4v) is 2.58.